The maximum Gasteiger partial charge on any atom is 0.234 e. The topological polar surface area (TPSA) is 73.0 Å². The first-order valence-electron chi connectivity index (χ1n) is 10.3. The van der Waals surface area contributed by atoms with Crippen molar-refractivity contribution in [2.24, 2.45) is 5.92 Å². The third kappa shape index (κ3) is 5.08. The lowest BCUT2D eigenvalue weighted by molar-refractivity contribution is -0.137. The van der Waals surface area contributed by atoms with Gasteiger partial charge in [-0.15, -0.1) is 0 Å². The highest BCUT2D eigenvalue weighted by molar-refractivity contribution is 6.31. The molecule has 3 aliphatic rings. The van der Waals surface area contributed by atoms with Gasteiger partial charge in [-0.2, -0.15) is 0 Å². The highest BCUT2D eigenvalue weighted by atomic mass is 35.5. The monoisotopic (exact) mass is 418 g/mol. The quantitative estimate of drug-likeness (QED) is 0.751. The Morgan fingerprint density at radius 1 is 1.10 bits per heavy atom. The van der Waals surface area contributed by atoms with Crippen molar-refractivity contribution in [3.63, 3.8) is 0 Å². The molecule has 2 aliphatic heterocycles. The SMILES string of the molecule is O=C(CN1CCN(C(=O)C2CC(=O)N(Cc3ccccc3Cl)C2)CC1)NC1CC1. The van der Waals surface area contributed by atoms with E-state index in [1.807, 2.05) is 29.2 Å². The Balaban J connectivity index is 1.25. The van der Waals surface area contributed by atoms with Gasteiger partial charge in [0.05, 0.1) is 12.5 Å². The summed E-state index contributed by atoms with van der Waals surface area (Å²) in [6.07, 6.45) is 2.43. The molecule has 8 heteroatoms. The van der Waals surface area contributed by atoms with Gasteiger partial charge in [-0.3, -0.25) is 19.3 Å². The number of piperazine rings is 1. The lowest BCUT2D eigenvalue weighted by Crippen LogP contribution is -2.52. The van der Waals surface area contributed by atoms with Gasteiger partial charge in [0, 0.05) is 56.8 Å². The number of halogens is 1. The molecule has 1 aliphatic carbocycles. The number of nitrogens with zero attached hydrogens (tertiary/aromatic N) is 3. The highest BCUT2D eigenvalue weighted by Crippen LogP contribution is 2.25. The predicted molar refractivity (Wildman–Crippen MR) is 109 cm³/mol. The summed E-state index contributed by atoms with van der Waals surface area (Å²) in [5, 5.41) is 3.64. The van der Waals surface area contributed by atoms with E-state index in [0.29, 0.717) is 56.9 Å². The van der Waals surface area contributed by atoms with E-state index in [4.69, 9.17) is 11.6 Å². The van der Waals surface area contributed by atoms with Gasteiger partial charge in [-0.1, -0.05) is 29.8 Å². The molecule has 1 saturated carbocycles. The molecule has 7 nitrogen and oxygen atoms in total. The summed E-state index contributed by atoms with van der Waals surface area (Å²) < 4.78 is 0. The predicted octanol–water partition coefficient (Wildman–Crippen LogP) is 1.11. The lowest BCUT2D eigenvalue weighted by Gasteiger charge is -2.35. The Morgan fingerprint density at radius 2 is 1.83 bits per heavy atom. The van der Waals surface area contributed by atoms with E-state index < -0.39 is 0 Å². The van der Waals surface area contributed by atoms with E-state index in [-0.39, 0.29) is 30.1 Å². The van der Waals surface area contributed by atoms with Crippen molar-refractivity contribution in [3.8, 4) is 0 Å². The molecule has 0 spiro atoms. The number of hydrogen-bond acceptors (Lipinski definition) is 4. The number of carbonyl (C=O) groups excluding carboxylic acids is 3. The van der Waals surface area contributed by atoms with Crippen LogP contribution in [0.3, 0.4) is 0 Å². The van der Waals surface area contributed by atoms with Crippen molar-refractivity contribution in [1.29, 1.82) is 0 Å². The van der Waals surface area contributed by atoms with Crippen LogP contribution >= 0.6 is 11.6 Å². The standard InChI is InChI=1S/C21H27ClN4O3/c22-18-4-2-1-3-15(18)12-26-13-16(11-20(26)28)21(29)25-9-7-24(8-10-25)14-19(27)23-17-5-6-17/h1-4,16-17H,5-14H2,(H,23,27). The maximum atomic E-state index is 12.9. The van der Waals surface area contributed by atoms with Crippen molar-refractivity contribution in [2.75, 3.05) is 39.3 Å². The highest BCUT2D eigenvalue weighted by Gasteiger charge is 2.37. The summed E-state index contributed by atoms with van der Waals surface area (Å²) in [5.74, 6) is -0.181. The molecule has 29 heavy (non-hydrogen) atoms. The normalized spacial score (nSPS) is 22.8. The fourth-order valence-electron chi connectivity index (χ4n) is 4.01. The lowest BCUT2D eigenvalue weighted by atomic mass is 10.1. The third-order valence-corrected chi connectivity index (χ3v) is 6.25. The van der Waals surface area contributed by atoms with Gasteiger partial charge in [0.15, 0.2) is 0 Å². The number of likely N-dealkylation sites (tertiary alicyclic amines) is 1. The first-order valence-corrected chi connectivity index (χ1v) is 10.7. The molecule has 4 rings (SSSR count). The molecule has 2 saturated heterocycles. The Bertz CT molecular complexity index is 790. The number of rotatable bonds is 6. The van der Waals surface area contributed by atoms with Crippen LogP contribution in [0.1, 0.15) is 24.8 Å². The van der Waals surface area contributed by atoms with Gasteiger partial charge in [-0.05, 0) is 24.5 Å². The summed E-state index contributed by atoms with van der Waals surface area (Å²) >= 11 is 6.21. The second-order valence-corrected chi connectivity index (χ2v) is 8.62. The Morgan fingerprint density at radius 3 is 2.52 bits per heavy atom. The van der Waals surface area contributed by atoms with E-state index in [1.54, 1.807) is 4.90 Å². The molecule has 0 bridgehead atoms. The van der Waals surface area contributed by atoms with Gasteiger partial charge in [0.1, 0.15) is 0 Å². The van der Waals surface area contributed by atoms with Crippen LogP contribution in [-0.2, 0) is 20.9 Å². The van der Waals surface area contributed by atoms with E-state index in [1.165, 1.54) is 0 Å². The fraction of sp³-hybridized carbons (Fsp3) is 0.571. The van der Waals surface area contributed by atoms with Crippen LogP contribution in [0, 0.1) is 5.92 Å². The second-order valence-electron chi connectivity index (χ2n) is 8.21. The largest absolute Gasteiger partial charge is 0.352 e. The molecule has 1 atom stereocenters. The molecule has 2 heterocycles. The Hall–Kier alpha value is -2.12. The molecule has 156 valence electrons. The minimum Gasteiger partial charge on any atom is -0.352 e. The minimum atomic E-state index is -0.297. The van der Waals surface area contributed by atoms with E-state index in [2.05, 4.69) is 10.2 Å². The average Bonchev–Trinajstić information content (AvgIpc) is 3.44. The molecule has 0 aromatic heterocycles. The fourth-order valence-corrected chi connectivity index (χ4v) is 4.21. The number of amides is 3. The van der Waals surface area contributed by atoms with Crippen molar-refractivity contribution in [3.05, 3.63) is 34.9 Å². The van der Waals surface area contributed by atoms with Crippen LogP contribution in [0.2, 0.25) is 5.02 Å². The maximum absolute atomic E-state index is 12.9. The molecule has 1 aromatic rings. The summed E-state index contributed by atoms with van der Waals surface area (Å²) in [6.45, 7) is 3.85. The van der Waals surface area contributed by atoms with Crippen LogP contribution < -0.4 is 5.32 Å². The Kier molecular flexibility index (Phi) is 6.06. The third-order valence-electron chi connectivity index (χ3n) is 5.88. The molecule has 1 N–H and O–H groups in total. The number of carbonyl (C=O) groups is 3. The Labute approximate surface area is 176 Å². The molecule has 1 unspecified atom stereocenters. The van der Waals surface area contributed by atoms with Crippen molar-refractivity contribution in [2.45, 2.75) is 31.8 Å². The van der Waals surface area contributed by atoms with Gasteiger partial charge < -0.3 is 15.1 Å². The van der Waals surface area contributed by atoms with Crippen LogP contribution in [0.4, 0.5) is 0 Å². The van der Waals surface area contributed by atoms with Gasteiger partial charge in [-0.25, -0.2) is 0 Å². The summed E-state index contributed by atoms with van der Waals surface area (Å²) in [5.41, 5.74) is 0.897. The summed E-state index contributed by atoms with van der Waals surface area (Å²) in [7, 11) is 0. The zero-order chi connectivity index (χ0) is 20.4. The molecule has 0 radical (unpaired) electrons. The smallest absolute Gasteiger partial charge is 0.234 e. The molecule has 1 aromatic carbocycles. The number of nitrogens with one attached hydrogen (secondary N) is 1. The zero-order valence-electron chi connectivity index (χ0n) is 16.5. The average molecular weight is 419 g/mol. The van der Waals surface area contributed by atoms with Gasteiger partial charge in [0.2, 0.25) is 17.7 Å². The van der Waals surface area contributed by atoms with Crippen molar-refractivity contribution >= 4 is 29.3 Å². The minimum absolute atomic E-state index is 0.00125. The van der Waals surface area contributed by atoms with Crippen LogP contribution in [0.15, 0.2) is 24.3 Å². The molecule has 3 fully saturated rings. The van der Waals surface area contributed by atoms with Crippen LogP contribution in [0.25, 0.3) is 0 Å². The first-order chi connectivity index (χ1) is 14.0. The number of hydrogen-bond donors (Lipinski definition) is 1. The molecular weight excluding hydrogens is 392 g/mol. The van der Waals surface area contributed by atoms with E-state index in [9.17, 15) is 14.4 Å². The van der Waals surface area contributed by atoms with Crippen molar-refractivity contribution in [1.82, 2.24) is 20.0 Å². The summed E-state index contributed by atoms with van der Waals surface area (Å²) in [6, 6.07) is 7.85. The second kappa shape index (κ2) is 8.71. The van der Waals surface area contributed by atoms with Gasteiger partial charge in [0.25, 0.3) is 0 Å². The molecular formula is C21H27ClN4O3. The van der Waals surface area contributed by atoms with E-state index >= 15 is 0 Å². The van der Waals surface area contributed by atoms with Gasteiger partial charge >= 0.3 is 0 Å². The number of benzene rings is 1. The van der Waals surface area contributed by atoms with Crippen molar-refractivity contribution < 1.29 is 14.4 Å². The zero-order valence-corrected chi connectivity index (χ0v) is 17.2. The van der Waals surface area contributed by atoms with E-state index in [0.717, 1.165) is 18.4 Å². The summed E-state index contributed by atoms with van der Waals surface area (Å²) in [4.78, 5) is 42.9. The van der Waals surface area contributed by atoms with Crippen LogP contribution in [0.5, 0.6) is 0 Å². The van der Waals surface area contributed by atoms with Crippen LogP contribution in [-0.4, -0.2) is 77.7 Å². The first kappa shape index (κ1) is 20.2. The molecule has 3 amide bonds.